The van der Waals surface area contributed by atoms with Gasteiger partial charge in [-0.25, -0.2) is 0 Å². The van der Waals surface area contributed by atoms with E-state index in [1.807, 2.05) is 0 Å². The molecule has 6 fully saturated rings. The Balaban J connectivity index is 1.36. The number of hydrogen-bond donors (Lipinski definition) is 1. The van der Waals surface area contributed by atoms with E-state index in [2.05, 4.69) is 0 Å². The molecule has 4 bridgehead atoms. The van der Waals surface area contributed by atoms with Crippen LogP contribution in [0.3, 0.4) is 0 Å². The van der Waals surface area contributed by atoms with Crippen molar-refractivity contribution in [1.29, 1.82) is 0 Å². The van der Waals surface area contributed by atoms with Crippen LogP contribution in [-0.4, -0.2) is 42.1 Å². The highest BCUT2D eigenvalue weighted by atomic mass is 32.2. The summed E-state index contributed by atoms with van der Waals surface area (Å²) in [5, 5.41) is -5.53. The first-order chi connectivity index (χ1) is 12.9. The van der Waals surface area contributed by atoms with Crippen LogP contribution in [0, 0.1) is 29.6 Å². The second-order valence-electron chi connectivity index (χ2n) is 9.46. The number of fused-ring (bicyclic) bond motifs is 1. The number of halogens is 4. The van der Waals surface area contributed by atoms with E-state index in [1.54, 1.807) is 0 Å². The summed E-state index contributed by atoms with van der Waals surface area (Å²) in [6.45, 7) is 0. The van der Waals surface area contributed by atoms with Gasteiger partial charge in [0.25, 0.3) is 0 Å². The minimum Gasteiger partial charge on any atom is -0.343 e. The van der Waals surface area contributed by atoms with Gasteiger partial charge < -0.3 is 9.47 Å². The van der Waals surface area contributed by atoms with Crippen LogP contribution in [-0.2, 0) is 19.6 Å². The third kappa shape index (κ3) is 2.50. The van der Waals surface area contributed by atoms with Crippen molar-refractivity contribution in [2.75, 3.05) is 0 Å². The highest BCUT2D eigenvalue weighted by Gasteiger charge is 2.71. The molecule has 28 heavy (non-hydrogen) atoms. The quantitative estimate of drug-likeness (QED) is 0.546. The lowest BCUT2D eigenvalue weighted by atomic mass is 9.53. The Labute approximate surface area is 160 Å². The number of ether oxygens (including phenoxy) is 2. The summed E-state index contributed by atoms with van der Waals surface area (Å²) in [6, 6.07) is 0. The normalized spacial score (nSPS) is 48.2. The Morgan fingerprint density at radius 2 is 1.36 bits per heavy atom. The average molecular weight is 428 g/mol. The largest absolute Gasteiger partial charge is 0.431 e. The van der Waals surface area contributed by atoms with E-state index < -0.39 is 51.6 Å². The van der Waals surface area contributed by atoms with E-state index >= 15 is 0 Å². The monoisotopic (exact) mass is 428 g/mol. The van der Waals surface area contributed by atoms with Crippen LogP contribution >= 0.6 is 0 Å². The molecule has 6 rings (SSSR count). The maximum Gasteiger partial charge on any atom is 0.431 e. The van der Waals surface area contributed by atoms with Gasteiger partial charge in [-0.1, -0.05) is 0 Å². The summed E-state index contributed by atoms with van der Waals surface area (Å²) in [4.78, 5) is 0. The smallest absolute Gasteiger partial charge is 0.343 e. The van der Waals surface area contributed by atoms with Gasteiger partial charge in [-0.15, -0.1) is 0 Å². The van der Waals surface area contributed by atoms with Crippen LogP contribution in [0.2, 0.25) is 0 Å². The van der Waals surface area contributed by atoms with Gasteiger partial charge in [0.15, 0.2) is 5.79 Å². The molecule has 0 aromatic carbocycles. The van der Waals surface area contributed by atoms with E-state index in [0.717, 1.165) is 25.7 Å². The maximum atomic E-state index is 14.4. The molecule has 1 spiro atoms. The highest BCUT2D eigenvalue weighted by molar-refractivity contribution is 7.87. The van der Waals surface area contributed by atoms with Crippen molar-refractivity contribution in [2.24, 2.45) is 29.6 Å². The molecule has 1 heterocycles. The highest BCUT2D eigenvalue weighted by Crippen LogP contribution is 2.63. The van der Waals surface area contributed by atoms with E-state index in [1.165, 1.54) is 6.42 Å². The summed E-state index contributed by atoms with van der Waals surface area (Å²) in [6.07, 6.45) is 3.42. The fraction of sp³-hybridized carbons (Fsp3) is 1.00. The first-order valence-electron chi connectivity index (χ1n) is 10.0. The molecule has 5 aliphatic carbocycles. The van der Waals surface area contributed by atoms with Gasteiger partial charge in [-0.2, -0.15) is 26.0 Å². The Hall–Kier alpha value is -0.450. The molecule has 1 saturated heterocycles. The van der Waals surface area contributed by atoms with E-state index in [-0.39, 0.29) is 24.7 Å². The molecule has 0 aromatic rings. The second kappa shape index (κ2) is 5.82. The fourth-order valence-electron chi connectivity index (χ4n) is 6.83. The van der Waals surface area contributed by atoms with Gasteiger partial charge in [0, 0.05) is 17.8 Å². The number of rotatable bonds is 3. The molecule has 160 valence electrons. The van der Waals surface area contributed by atoms with Crippen LogP contribution in [0.15, 0.2) is 0 Å². The predicted octanol–water partition coefficient (Wildman–Crippen LogP) is 3.84. The van der Waals surface area contributed by atoms with E-state index in [9.17, 15) is 26.0 Å². The van der Waals surface area contributed by atoms with Crippen molar-refractivity contribution >= 4 is 10.1 Å². The van der Waals surface area contributed by atoms with Gasteiger partial charge in [-0.3, -0.25) is 4.55 Å². The fourth-order valence-corrected chi connectivity index (χ4v) is 7.34. The molecule has 10 heteroatoms. The second-order valence-corrected chi connectivity index (χ2v) is 10.9. The van der Waals surface area contributed by atoms with Gasteiger partial charge in [-0.05, 0) is 63.2 Å². The molecule has 1 aliphatic heterocycles. The van der Waals surface area contributed by atoms with E-state index in [0.29, 0.717) is 11.8 Å². The van der Waals surface area contributed by atoms with Gasteiger partial charge in [0.05, 0.1) is 12.2 Å². The minimum absolute atomic E-state index is 0.112. The topological polar surface area (TPSA) is 72.8 Å². The van der Waals surface area contributed by atoms with Gasteiger partial charge in [0.1, 0.15) is 0 Å². The summed E-state index contributed by atoms with van der Waals surface area (Å²) < 4.78 is 99.2. The summed E-state index contributed by atoms with van der Waals surface area (Å²) in [5.41, 5.74) is 0. The number of hydrogen-bond acceptors (Lipinski definition) is 4. The first kappa shape index (κ1) is 19.5. The molecule has 5 saturated carbocycles. The van der Waals surface area contributed by atoms with Crippen LogP contribution in [0.1, 0.15) is 51.4 Å². The zero-order valence-corrected chi connectivity index (χ0v) is 16.0. The lowest BCUT2D eigenvalue weighted by Gasteiger charge is -2.58. The van der Waals surface area contributed by atoms with Gasteiger partial charge in [0.2, 0.25) is 0 Å². The van der Waals surface area contributed by atoms with Crippen molar-refractivity contribution in [3.63, 3.8) is 0 Å². The lowest BCUT2D eigenvalue weighted by molar-refractivity contribution is -0.299. The molecule has 3 unspecified atom stereocenters. The zero-order chi connectivity index (χ0) is 20.1. The molecule has 3 atom stereocenters. The van der Waals surface area contributed by atoms with Crippen molar-refractivity contribution < 1.29 is 40.0 Å². The van der Waals surface area contributed by atoms with E-state index in [4.69, 9.17) is 14.0 Å². The molecule has 0 amide bonds. The van der Waals surface area contributed by atoms with Crippen molar-refractivity contribution in [2.45, 2.75) is 80.5 Å². The Bertz CT molecular complexity index is 742. The van der Waals surface area contributed by atoms with Crippen molar-refractivity contribution in [1.82, 2.24) is 0 Å². The third-order valence-electron chi connectivity index (χ3n) is 7.90. The first-order valence-corrected chi connectivity index (χ1v) is 11.5. The standard InChI is InChI=1S/C18H24F4O5S/c19-17(20,18(21,22)28(23,24)25)11-1-2-14-15(8-11)27-16(26-14)12-4-9-3-10(6-12)7-13(16)5-9/h9-15H,1-8H2,(H,23,24,25). The average Bonchev–Trinajstić information content (AvgIpc) is 2.97. The molecule has 0 radical (unpaired) electrons. The summed E-state index contributed by atoms with van der Waals surface area (Å²) in [5.74, 6) is -5.82. The predicted molar refractivity (Wildman–Crippen MR) is 88.3 cm³/mol. The molecule has 6 aliphatic rings. The van der Waals surface area contributed by atoms with Gasteiger partial charge >= 0.3 is 21.3 Å². The molecular weight excluding hydrogens is 404 g/mol. The molecular formula is C18H24F4O5S. The SMILES string of the molecule is O=S(=O)(O)C(F)(F)C(F)(F)C1CCC2OC3(OC2C1)C1CC2CC(C1)CC3C2. The summed E-state index contributed by atoms with van der Waals surface area (Å²) >= 11 is 0. The third-order valence-corrected chi connectivity index (χ3v) is 8.82. The zero-order valence-electron chi connectivity index (χ0n) is 15.2. The molecule has 5 nitrogen and oxygen atoms in total. The Kier molecular flexibility index (Phi) is 4.06. The molecule has 0 aromatic heterocycles. The van der Waals surface area contributed by atoms with Crippen LogP contribution < -0.4 is 0 Å². The molecule has 1 N–H and O–H groups in total. The van der Waals surface area contributed by atoms with Crippen LogP contribution in [0.5, 0.6) is 0 Å². The van der Waals surface area contributed by atoms with Crippen LogP contribution in [0.25, 0.3) is 0 Å². The maximum absolute atomic E-state index is 14.4. The lowest BCUT2D eigenvalue weighted by Crippen LogP contribution is -2.58. The van der Waals surface area contributed by atoms with Crippen molar-refractivity contribution in [3.8, 4) is 0 Å². The van der Waals surface area contributed by atoms with Crippen molar-refractivity contribution in [3.05, 3.63) is 0 Å². The minimum atomic E-state index is -6.23. The number of alkyl halides is 4. The Morgan fingerprint density at radius 1 is 0.821 bits per heavy atom. The summed E-state index contributed by atoms with van der Waals surface area (Å²) in [7, 11) is -6.23. The van der Waals surface area contributed by atoms with Crippen LogP contribution in [0.4, 0.5) is 17.6 Å². The Morgan fingerprint density at radius 3 is 1.89 bits per heavy atom.